The lowest BCUT2D eigenvalue weighted by Gasteiger charge is -2.48. The van der Waals surface area contributed by atoms with E-state index in [0.717, 1.165) is 11.3 Å². The summed E-state index contributed by atoms with van der Waals surface area (Å²) in [5.74, 6) is -0.459. The maximum atomic E-state index is 12.2. The van der Waals surface area contributed by atoms with Gasteiger partial charge in [-0.15, -0.1) is 0 Å². The summed E-state index contributed by atoms with van der Waals surface area (Å²) in [6, 6.07) is 7.68. The molecule has 0 saturated carbocycles. The Bertz CT molecular complexity index is 579. The zero-order chi connectivity index (χ0) is 15.2. The smallest absolute Gasteiger partial charge is 0.235 e. The van der Waals surface area contributed by atoms with Gasteiger partial charge in [-0.3, -0.25) is 9.59 Å². The van der Waals surface area contributed by atoms with Crippen LogP contribution >= 0.6 is 0 Å². The molecule has 1 aromatic carbocycles. The maximum absolute atomic E-state index is 12.2. The third-order valence-corrected chi connectivity index (χ3v) is 4.07. The first kappa shape index (κ1) is 13.9. The molecule has 1 aromatic rings. The van der Waals surface area contributed by atoms with E-state index in [2.05, 4.69) is 10.6 Å². The molecular weight excluding hydrogens is 268 g/mol. The van der Waals surface area contributed by atoms with Gasteiger partial charge in [0.2, 0.25) is 11.8 Å². The fourth-order valence-corrected chi connectivity index (χ4v) is 3.31. The predicted octanol–water partition coefficient (Wildman–Crippen LogP) is 1.54. The second kappa shape index (κ2) is 4.76. The van der Waals surface area contributed by atoms with Crippen LogP contribution in [0.4, 0.5) is 0 Å². The van der Waals surface area contributed by atoms with Crippen molar-refractivity contribution in [3.05, 3.63) is 29.8 Å². The highest BCUT2D eigenvalue weighted by atomic mass is 16.5. The average Bonchev–Trinajstić information content (AvgIpc) is 2.36. The van der Waals surface area contributed by atoms with E-state index in [1.165, 1.54) is 0 Å². The number of amides is 2. The molecule has 3 aliphatic rings. The Morgan fingerprint density at radius 2 is 1.81 bits per heavy atom. The van der Waals surface area contributed by atoms with Gasteiger partial charge < -0.3 is 15.4 Å². The fraction of sp³-hybridized carbons (Fsp3) is 0.500. The molecule has 0 spiro atoms. The van der Waals surface area contributed by atoms with E-state index in [-0.39, 0.29) is 23.8 Å². The standard InChI is InChI=1S/C16H20N2O3/c1-9(2)21-12-7-5-4-6-10(12)11-8-16(3)17-14(19)13(11)15(20)18-16/h4-7,9,11,13H,8H2,1-3H3,(H,17,19)(H,18,20)/t11-,13?,16?/m0/s1. The number of carbonyl (C=O) groups is 2. The SMILES string of the molecule is CC(C)Oc1ccccc1[C@@H]1CC2(C)NC(=O)C1C(=O)N2. The third kappa shape index (κ3) is 2.37. The van der Waals surface area contributed by atoms with E-state index in [9.17, 15) is 9.59 Å². The molecule has 2 amide bonds. The summed E-state index contributed by atoms with van der Waals surface area (Å²) in [6.45, 7) is 5.77. The second-order valence-electron chi connectivity index (χ2n) is 6.30. The van der Waals surface area contributed by atoms with Crippen molar-refractivity contribution >= 4 is 11.8 Å². The number of ether oxygens (including phenoxy) is 1. The highest BCUT2D eigenvalue weighted by Crippen LogP contribution is 2.43. The third-order valence-electron chi connectivity index (χ3n) is 4.07. The van der Waals surface area contributed by atoms with Gasteiger partial charge in [0.25, 0.3) is 0 Å². The molecule has 4 rings (SSSR count). The molecule has 1 atom stereocenters. The molecule has 112 valence electrons. The Morgan fingerprint density at radius 1 is 1.19 bits per heavy atom. The lowest BCUT2D eigenvalue weighted by Crippen LogP contribution is -2.72. The van der Waals surface area contributed by atoms with Gasteiger partial charge in [0.1, 0.15) is 17.3 Å². The van der Waals surface area contributed by atoms with Crippen LogP contribution in [0.25, 0.3) is 0 Å². The number of rotatable bonds is 3. The van der Waals surface area contributed by atoms with Gasteiger partial charge in [0, 0.05) is 5.92 Å². The molecule has 0 radical (unpaired) electrons. The largest absolute Gasteiger partial charge is 0.491 e. The maximum Gasteiger partial charge on any atom is 0.235 e. The lowest BCUT2D eigenvalue weighted by molar-refractivity contribution is -0.149. The molecule has 5 nitrogen and oxygen atoms in total. The van der Waals surface area contributed by atoms with Gasteiger partial charge in [0.15, 0.2) is 0 Å². The van der Waals surface area contributed by atoms with Crippen LogP contribution < -0.4 is 15.4 Å². The Kier molecular flexibility index (Phi) is 3.15. The molecule has 0 aromatic heterocycles. The molecule has 2 N–H and O–H groups in total. The molecule has 5 heteroatoms. The average molecular weight is 288 g/mol. The van der Waals surface area contributed by atoms with E-state index in [1.54, 1.807) is 0 Å². The van der Waals surface area contributed by atoms with Crippen LogP contribution in [0.2, 0.25) is 0 Å². The number of para-hydroxylation sites is 1. The summed E-state index contributed by atoms with van der Waals surface area (Å²) in [6.07, 6.45) is 0.721. The van der Waals surface area contributed by atoms with Crippen molar-refractivity contribution in [3.63, 3.8) is 0 Å². The lowest BCUT2D eigenvalue weighted by atomic mass is 9.72. The highest BCUT2D eigenvalue weighted by Gasteiger charge is 2.53. The van der Waals surface area contributed by atoms with Gasteiger partial charge in [-0.05, 0) is 38.8 Å². The first-order valence-electron chi connectivity index (χ1n) is 7.29. The van der Waals surface area contributed by atoms with Gasteiger partial charge in [-0.25, -0.2) is 0 Å². The Balaban J connectivity index is 2.01. The van der Waals surface area contributed by atoms with Crippen molar-refractivity contribution < 1.29 is 14.3 Å². The minimum absolute atomic E-state index is 0.0465. The van der Waals surface area contributed by atoms with Crippen LogP contribution in [0.15, 0.2) is 24.3 Å². The van der Waals surface area contributed by atoms with Crippen LogP contribution in [0.1, 0.15) is 38.7 Å². The van der Waals surface area contributed by atoms with Crippen LogP contribution in [0.5, 0.6) is 5.75 Å². The number of piperidine rings is 2. The molecule has 3 saturated heterocycles. The van der Waals surface area contributed by atoms with Gasteiger partial charge in [-0.1, -0.05) is 18.2 Å². The molecular formula is C16H20N2O3. The number of nitrogens with one attached hydrogen (secondary N) is 2. The quantitative estimate of drug-likeness (QED) is 0.829. The summed E-state index contributed by atoms with van der Waals surface area (Å²) >= 11 is 0. The van der Waals surface area contributed by atoms with E-state index < -0.39 is 11.6 Å². The van der Waals surface area contributed by atoms with Gasteiger partial charge in [-0.2, -0.15) is 0 Å². The van der Waals surface area contributed by atoms with Gasteiger partial charge in [0.05, 0.1) is 6.10 Å². The normalized spacial score (nSPS) is 31.0. The number of carbonyl (C=O) groups excluding carboxylic acids is 2. The van der Waals surface area contributed by atoms with Crippen LogP contribution in [0.3, 0.4) is 0 Å². The molecule has 3 aliphatic heterocycles. The summed E-state index contributed by atoms with van der Waals surface area (Å²) in [7, 11) is 0. The van der Waals surface area contributed by atoms with Crippen molar-refractivity contribution in [2.24, 2.45) is 5.92 Å². The van der Waals surface area contributed by atoms with E-state index in [1.807, 2.05) is 45.0 Å². The molecule has 21 heavy (non-hydrogen) atoms. The van der Waals surface area contributed by atoms with Crippen molar-refractivity contribution in [2.75, 3.05) is 0 Å². The zero-order valence-corrected chi connectivity index (χ0v) is 12.5. The number of benzene rings is 1. The number of hydrogen-bond donors (Lipinski definition) is 2. The van der Waals surface area contributed by atoms with Crippen molar-refractivity contribution in [2.45, 2.75) is 44.9 Å². The first-order valence-corrected chi connectivity index (χ1v) is 7.29. The predicted molar refractivity (Wildman–Crippen MR) is 77.7 cm³/mol. The zero-order valence-electron chi connectivity index (χ0n) is 12.5. The second-order valence-corrected chi connectivity index (χ2v) is 6.30. The van der Waals surface area contributed by atoms with Crippen LogP contribution in [0, 0.1) is 5.92 Å². The van der Waals surface area contributed by atoms with E-state index in [4.69, 9.17) is 4.74 Å². The molecule has 0 unspecified atom stereocenters. The monoisotopic (exact) mass is 288 g/mol. The topological polar surface area (TPSA) is 67.4 Å². The molecule has 0 aliphatic carbocycles. The highest BCUT2D eigenvalue weighted by molar-refractivity contribution is 6.05. The minimum atomic E-state index is -0.677. The molecule has 3 fully saturated rings. The summed E-state index contributed by atoms with van der Waals surface area (Å²) < 4.78 is 5.85. The Labute approximate surface area is 124 Å². The van der Waals surface area contributed by atoms with Crippen molar-refractivity contribution in [1.82, 2.24) is 10.6 Å². The minimum Gasteiger partial charge on any atom is -0.491 e. The summed E-state index contributed by atoms with van der Waals surface area (Å²) in [5, 5.41) is 5.74. The number of hydrogen-bond acceptors (Lipinski definition) is 3. The van der Waals surface area contributed by atoms with Crippen molar-refractivity contribution in [3.8, 4) is 5.75 Å². The fourth-order valence-electron chi connectivity index (χ4n) is 3.31. The first-order chi connectivity index (χ1) is 9.89. The van der Waals surface area contributed by atoms with Gasteiger partial charge >= 0.3 is 0 Å². The Hall–Kier alpha value is -2.04. The number of fused-ring (bicyclic) bond motifs is 3. The Morgan fingerprint density at radius 3 is 2.38 bits per heavy atom. The van der Waals surface area contributed by atoms with Crippen LogP contribution in [-0.2, 0) is 9.59 Å². The van der Waals surface area contributed by atoms with E-state index in [0.29, 0.717) is 6.42 Å². The summed E-state index contributed by atoms with van der Waals surface area (Å²) in [4.78, 5) is 24.4. The molecule has 3 heterocycles. The molecule has 2 bridgehead atoms. The van der Waals surface area contributed by atoms with E-state index >= 15 is 0 Å². The van der Waals surface area contributed by atoms with Crippen LogP contribution in [-0.4, -0.2) is 23.6 Å². The summed E-state index contributed by atoms with van der Waals surface area (Å²) in [5.41, 5.74) is 0.269. The van der Waals surface area contributed by atoms with Crippen molar-refractivity contribution in [1.29, 1.82) is 0 Å².